The van der Waals surface area contributed by atoms with Crippen LogP contribution in [-0.4, -0.2) is 24.7 Å². The molecule has 0 fully saturated rings. The number of anilines is 1. The van der Waals surface area contributed by atoms with E-state index in [1.54, 1.807) is 0 Å². The van der Waals surface area contributed by atoms with Crippen molar-refractivity contribution in [1.82, 2.24) is 4.98 Å². The van der Waals surface area contributed by atoms with Gasteiger partial charge in [-0.05, 0) is 27.9 Å². The van der Waals surface area contributed by atoms with Gasteiger partial charge in [-0.15, -0.1) is 0 Å². The number of aromatic nitrogens is 1. The van der Waals surface area contributed by atoms with Crippen molar-refractivity contribution in [3.8, 4) is 0 Å². The molecule has 0 aromatic carbocycles. The van der Waals surface area contributed by atoms with Crippen molar-refractivity contribution < 1.29 is 17.9 Å². The van der Waals surface area contributed by atoms with Crippen molar-refractivity contribution in [3.05, 3.63) is 22.3 Å². The molecule has 0 bridgehead atoms. The molecule has 0 radical (unpaired) electrons. The molecule has 7 heteroatoms. The fourth-order valence-corrected chi connectivity index (χ4v) is 1.69. The van der Waals surface area contributed by atoms with Crippen molar-refractivity contribution in [2.24, 2.45) is 5.92 Å². The Morgan fingerprint density at radius 3 is 2.68 bits per heavy atom. The predicted molar refractivity (Wildman–Crippen MR) is 71.1 cm³/mol. The van der Waals surface area contributed by atoms with Gasteiger partial charge in [-0.25, -0.2) is 4.98 Å². The monoisotopic (exact) mass is 340 g/mol. The van der Waals surface area contributed by atoms with Crippen molar-refractivity contribution in [1.29, 1.82) is 0 Å². The highest BCUT2D eigenvalue weighted by molar-refractivity contribution is 9.10. The molecule has 108 valence electrons. The van der Waals surface area contributed by atoms with E-state index in [2.05, 4.69) is 26.2 Å². The van der Waals surface area contributed by atoms with Crippen LogP contribution in [-0.2, 0) is 10.9 Å². The van der Waals surface area contributed by atoms with Gasteiger partial charge in [0.05, 0.1) is 12.2 Å². The molecule has 1 aromatic heterocycles. The SMILES string of the molecule is CC(C)COCCNc1ncc(Br)cc1C(F)(F)F. The highest BCUT2D eigenvalue weighted by atomic mass is 79.9. The third kappa shape index (κ3) is 5.78. The number of ether oxygens (including phenoxy) is 1. The highest BCUT2D eigenvalue weighted by Gasteiger charge is 2.34. The maximum absolute atomic E-state index is 12.8. The van der Waals surface area contributed by atoms with E-state index in [1.165, 1.54) is 6.20 Å². The summed E-state index contributed by atoms with van der Waals surface area (Å²) in [5.41, 5.74) is -0.786. The van der Waals surface area contributed by atoms with Gasteiger partial charge in [0, 0.05) is 23.8 Å². The maximum Gasteiger partial charge on any atom is 0.419 e. The van der Waals surface area contributed by atoms with Crippen LogP contribution in [0.15, 0.2) is 16.7 Å². The lowest BCUT2D eigenvalue weighted by atomic mass is 10.2. The minimum Gasteiger partial charge on any atom is -0.379 e. The van der Waals surface area contributed by atoms with Crippen LogP contribution in [0, 0.1) is 5.92 Å². The summed E-state index contributed by atoms with van der Waals surface area (Å²) in [5, 5.41) is 2.64. The summed E-state index contributed by atoms with van der Waals surface area (Å²) in [6.07, 6.45) is -3.11. The molecule has 3 nitrogen and oxygen atoms in total. The fraction of sp³-hybridized carbons (Fsp3) is 0.583. The molecule has 1 heterocycles. The molecule has 0 atom stereocenters. The third-order valence-corrected chi connectivity index (χ3v) is 2.58. The standard InChI is InChI=1S/C12H16BrF3N2O/c1-8(2)7-19-4-3-17-11-10(12(14,15)16)5-9(13)6-18-11/h5-6,8H,3-4,7H2,1-2H3,(H,17,18). The Morgan fingerprint density at radius 2 is 2.11 bits per heavy atom. The second-order valence-corrected chi connectivity index (χ2v) is 5.36. The Morgan fingerprint density at radius 1 is 1.42 bits per heavy atom. The summed E-state index contributed by atoms with van der Waals surface area (Å²) in [4.78, 5) is 3.74. The molecule has 1 N–H and O–H groups in total. The smallest absolute Gasteiger partial charge is 0.379 e. The number of nitrogens with zero attached hydrogens (tertiary/aromatic N) is 1. The zero-order valence-electron chi connectivity index (χ0n) is 10.7. The highest BCUT2D eigenvalue weighted by Crippen LogP contribution is 2.35. The van der Waals surface area contributed by atoms with Gasteiger partial charge in [0.2, 0.25) is 0 Å². The van der Waals surface area contributed by atoms with Crippen molar-refractivity contribution in [2.45, 2.75) is 20.0 Å². The molecular weight excluding hydrogens is 325 g/mol. The van der Waals surface area contributed by atoms with Gasteiger partial charge in [-0.2, -0.15) is 13.2 Å². The van der Waals surface area contributed by atoms with Crippen LogP contribution in [0.1, 0.15) is 19.4 Å². The van der Waals surface area contributed by atoms with Crippen LogP contribution in [0.3, 0.4) is 0 Å². The molecule has 0 spiro atoms. The van der Waals surface area contributed by atoms with Gasteiger partial charge >= 0.3 is 6.18 Å². The van der Waals surface area contributed by atoms with Crippen LogP contribution >= 0.6 is 15.9 Å². The first-order chi connectivity index (χ1) is 8.80. The summed E-state index contributed by atoms with van der Waals surface area (Å²) in [6.45, 7) is 5.22. The summed E-state index contributed by atoms with van der Waals surface area (Å²) in [6, 6.07) is 1.00. The summed E-state index contributed by atoms with van der Waals surface area (Å²) in [5.74, 6) is 0.223. The maximum atomic E-state index is 12.8. The van der Waals surface area contributed by atoms with Crippen LogP contribution in [0.4, 0.5) is 19.0 Å². The first-order valence-corrected chi connectivity index (χ1v) is 6.64. The molecule has 1 rings (SSSR count). The Hall–Kier alpha value is -0.820. The molecule has 19 heavy (non-hydrogen) atoms. The number of nitrogens with one attached hydrogen (secondary N) is 1. The van der Waals surface area contributed by atoms with Crippen LogP contribution in [0.25, 0.3) is 0 Å². The fourth-order valence-electron chi connectivity index (χ4n) is 1.36. The van der Waals surface area contributed by atoms with Crippen molar-refractivity contribution >= 4 is 21.7 Å². The predicted octanol–water partition coefficient (Wildman–Crippen LogP) is 3.95. The molecule has 0 amide bonds. The molecule has 0 saturated heterocycles. The Bertz CT molecular complexity index is 410. The molecule has 0 saturated carbocycles. The third-order valence-electron chi connectivity index (χ3n) is 2.15. The van der Waals surface area contributed by atoms with Gasteiger partial charge in [0.1, 0.15) is 5.82 Å². The minimum atomic E-state index is -4.43. The van der Waals surface area contributed by atoms with Gasteiger partial charge in [-0.3, -0.25) is 0 Å². The lowest BCUT2D eigenvalue weighted by Gasteiger charge is -2.14. The number of halogens is 4. The van der Waals surface area contributed by atoms with Crippen LogP contribution in [0.5, 0.6) is 0 Å². The first kappa shape index (κ1) is 16.2. The quantitative estimate of drug-likeness (QED) is 0.796. The van der Waals surface area contributed by atoms with E-state index >= 15 is 0 Å². The largest absolute Gasteiger partial charge is 0.419 e. The van der Waals surface area contributed by atoms with Gasteiger partial charge < -0.3 is 10.1 Å². The van der Waals surface area contributed by atoms with E-state index in [1.807, 2.05) is 13.8 Å². The van der Waals surface area contributed by atoms with Gasteiger partial charge in [-0.1, -0.05) is 13.8 Å². The number of alkyl halides is 3. The van der Waals surface area contributed by atoms with Gasteiger partial charge in [0.25, 0.3) is 0 Å². The Kier molecular flexibility index (Phi) is 6.06. The van der Waals surface area contributed by atoms with Crippen molar-refractivity contribution in [2.75, 3.05) is 25.1 Å². The number of rotatable bonds is 6. The summed E-state index contributed by atoms with van der Waals surface area (Å²) < 4.78 is 43.9. The zero-order valence-corrected chi connectivity index (χ0v) is 12.3. The topological polar surface area (TPSA) is 34.1 Å². The summed E-state index contributed by atoms with van der Waals surface area (Å²) >= 11 is 2.98. The number of hydrogen-bond donors (Lipinski definition) is 1. The average molecular weight is 341 g/mol. The molecule has 0 unspecified atom stereocenters. The van der Waals surface area contributed by atoms with E-state index in [-0.39, 0.29) is 12.4 Å². The summed E-state index contributed by atoms with van der Waals surface area (Å²) in [7, 11) is 0. The molecule has 0 aliphatic carbocycles. The van der Waals surface area contributed by atoms with E-state index in [9.17, 15) is 13.2 Å². The number of hydrogen-bond acceptors (Lipinski definition) is 3. The van der Waals surface area contributed by atoms with Crippen LogP contribution in [0.2, 0.25) is 0 Å². The van der Waals surface area contributed by atoms with Crippen molar-refractivity contribution in [3.63, 3.8) is 0 Å². The van der Waals surface area contributed by atoms with Gasteiger partial charge in [0.15, 0.2) is 0 Å². The molecule has 1 aromatic rings. The van der Waals surface area contributed by atoms with E-state index in [0.29, 0.717) is 23.6 Å². The van der Waals surface area contributed by atoms with Crippen LogP contribution < -0.4 is 5.32 Å². The molecule has 0 aliphatic heterocycles. The minimum absolute atomic E-state index is 0.177. The average Bonchev–Trinajstić information content (AvgIpc) is 2.28. The zero-order chi connectivity index (χ0) is 14.5. The second-order valence-electron chi connectivity index (χ2n) is 4.44. The first-order valence-electron chi connectivity index (χ1n) is 5.85. The number of pyridine rings is 1. The lowest BCUT2D eigenvalue weighted by Crippen LogP contribution is -2.16. The Labute approximate surface area is 118 Å². The molecule has 0 aliphatic rings. The molecular formula is C12H16BrF3N2O. The normalized spacial score (nSPS) is 11.9. The Balaban J connectivity index is 2.58. The van der Waals surface area contributed by atoms with E-state index in [4.69, 9.17) is 4.74 Å². The van der Waals surface area contributed by atoms with E-state index < -0.39 is 11.7 Å². The second kappa shape index (κ2) is 7.09. The lowest BCUT2D eigenvalue weighted by molar-refractivity contribution is -0.137. The van der Waals surface area contributed by atoms with E-state index in [0.717, 1.165) is 6.07 Å².